The molecule has 0 radical (unpaired) electrons. The largest absolute Gasteiger partial charge is 0.386 e. The Balaban J connectivity index is 3.98. The zero-order valence-corrected chi connectivity index (χ0v) is 7.65. The molecule has 0 spiro atoms. The van der Waals surface area contributed by atoms with Gasteiger partial charge in [0.2, 0.25) is 0 Å². The number of nitrogens with one attached hydrogen (secondary N) is 1. The maximum absolute atomic E-state index is 3.78. The normalized spacial score (nSPS) is 12.1. The molecule has 11 heavy (non-hydrogen) atoms. The van der Waals surface area contributed by atoms with E-state index in [-0.39, 0.29) is 0 Å². The fraction of sp³-hybridized carbons (Fsp3) is 0.400. The zero-order valence-electron chi connectivity index (χ0n) is 7.65. The maximum atomic E-state index is 3.78. The molecule has 0 bridgehead atoms. The molecule has 0 saturated carbocycles. The van der Waals surface area contributed by atoms with Gasteiger partial charge in [0.1, 0.15) is 0 Å². The van der Waals surface area contributed by atoms with E-state index in [9.17, 15) is 0 Å². The monoisotopic (exact) mass is 151 g/mol. The molecule has 0 aliphatic heterocycles. The van der Waals surface area contributed by atoms with Crippen molar-refractivity contribution in [3.05, 3.63) is 36.1 Å². The van der Waals surface area contributed by atoms with Crippen LogP contribution in [-0.2, 0) is 0 Å². The number of hydrogen-bond donors (Lipinski definition) is 1. The van der Waals surface area contributed by atoms with Gasteiger partial charge in [0.05, 0.1) is 0 Å². The minimum atomic E-state index is 0.959. The van der Waals surface area contributed by atoms with Crippen LogP contribution in [0.1, 0.15) is 20.8 Å². The van der Waals surface area contributed by atoms with Crippen molar-refractivity contribution in [1.29, 1.82) is 0 Å². The molecule has 0 fully saturated rings. The Morgan fingerprint density at radius 1 is 1.45 bits per heavy atom. The van der Waals surface area contributed by atoms with E-state index in [4.69, 9.17) is 0 Å². The number of hydrogen-bond acceptors (Lipinski definition) is 1. The Hall–Kier alpha value is -0.980. The lowest BCUT2D eigenvalue weighted by Crippen LogP contribution is -2.09. The first-order valence-corrected chi connectivity index (χ1v) is 3.94. The highest BCUT2D eigenvalue weighted by Crippen LogP contribution is 1.95. The lowest BCUT2D eigenvalue weighted by Gasteiger charge is -2.01. The lowest BCUT2D eigenvalue weighted by atomic mass is 10.3. The first-order chi connectivity index (χ1) is 5.20. The molecular formula is C10H17N. The molecule has 0 aliphatic rings. The predicted molar refractivity (Wildman–Crippen MR) is 51.4 cm³/mol. The quantitative estimate of drug-likeness (QED) is 0.609. The molecule has 0 amide bonds. The second-order valence-electron chi connectivity index (χ2n) is 2.45. The first kappa shape index (κ1) is 10.0. The lowest BCUT2D eigenvalue weighted by molar-refractivity contribution is 0.876. The fourth-order valence-electron chi connectivity index (χ4n) is 0.693. The standard InChI is InChI=1S/C10H17N/c1-5-10(11-6-2)8-7-9(3)4/h5,7-8,11H,3,6H2,1-2,4H3/b8-7-,10-5+. The van der Waals surface area contributed by atoms with Gasteiger partial charge in [0, 0.05) is 12.2 Å². The molecular weight excluding hydrogens is 134 g/mol. The highest BCUT2D eigenvalue weighted by atomic mass is 14.9. The van der Waals surface area contributed by atoms with Crippen LogP contribution in [0.3, 0.4) is 0 Å². The van der Waals surface area contributed by atoms with Crippen LogP contribution in [-0.4, -0.2) is 6.54 Å². The van der Waals surface area contributed by atoms with Crippen molar-refractivity contribution in [2.75, 3.05) is 6.54 Å². The second kappa shape index (κ2) is 5.78. The Labute approximate surface area is 69.5 Å². The third kappa shape index (κ3) is 5.46. The van der Waals surface area contributed by atoms with Gasteiger partial charge < -0.3 is 5.32 Å². The van der Waals surface area contributed by atoms with E-state index in [1.165, 1.54) is 0 Å². The Kier molecular flexibility index (Phi) is 5.26. The molecule has 0 rings (SSSR count). The van der Waals surface area contributed by atoms with Crippen molar-refractivity contribution in [1.82, 2.24) is 5.32 Å². The predicted octanol–water partition coefficient (Wildman–Crippen LogP) is 2.63. The van der Waals surface area contributed by atoms with Crippen LogP contribution in [0.2, 0.25) is 0 Å². The van der Waals surface area contributed by atoms with E-state index in [1.54, 1.807) is 0 Å². The number of rotatable bonds is 4. The van der Waals surface area contributed by atoms with Crippen LogP contribution in [0, 0.1) is 0 Å². The van der Waals surface area contributed by atoms with Gasteiger partial charge in [-0.3, -0.25) is 0 Å². The van der Waals surface area contributed by atoms with Crippen molar-refractivity contribution in [3.63, 3.8) is 0 Å². The van der Waals surface area contributed by atoms with Crippen LogP contribution in [0.25, 0.3) is 0 Å². The minimum absolute atomic E-state index is 0.959. The zero-order chi connectivity index (χ0) is 8.69. The van der Waals surface area contributed by atoms with Crippen molar-refractivity contribution >= 4 is 0 Å². The van der Waals surface area contributed by atoms with Crippen LogP contribution in [0.4, 0.5) is 0 Å². The van der Waals surface area contributed by atoms with Gasteiger partial charge in [-0.05, 0) is 26.8 Å². The summed E-state index contributed by atoms with van der Waals surface area (Å²) in [5, 5.41) is 3.22. The summed E-state index contributed by atoms with van der Waals surface area (Å²) in [5.74, 6) is 0. The first-order valence-electron chi connectivity index (χ1n) is 3.94. The van der Waals surface area contributed by atoms with Gasteiger partial charge in [-0.25, -0.2) is 0 Å². The SMILES string of the molecule is C=C(C)/C=C\C(=C/C)NCC. The van der Waals surface area contributed by atoms with Gasteiger partial charge in [0.25, 0.3) is 0 Å². The van der Waals surface area contributed by atoms with Gasteiger partial charge >= 0.3 is 0 Å². The fourth-order valence-corrected chi connectivity index (χ4v) is 0.693. The molecule has 1 N–H and O–H groups in total. The molecule has 0 heterocycles. The van der Waals surface area contributed by atoms with Crippen LogP contribution in [0.5, 0.6) is 0 Å². The summed E-state index contributed by atoms with van der Waals surface area (Å²) in [4.78, 5) is 0. The second-order valence-corrected chi connectivity index (χ2v) is 2.45. The topological polar surface area (TPSA) is 12.0 Å². The third-order valence-corrected chi connectivity index (χ3v) is 1.24. The smallest absolute Gasteiger partial charge is 0.0296 e. The van der Waals surface area contributed by atoms with Gasteiger partial charge in [-0.15, -0.1) is 0 Å². The van der Waals surface area contributed by atoms with Crippen molar-refractivity contribution in [3.8, 4) is 0 Å². The highest BCUT2D eigenvalue weighted by molar-refractivity contribution is 5.23. The summed E-state index contributed by atoms with van der Waals surface area (Å²) in [6.45, 7) is 10.8. The Morgan fingerprint density at radius 2 is 2.09 bits per heavy atom. The molecule has 0 unspecified atom stereocenters. The number of allylic oxidation sites excluding steroid dienone is 4. The summed E-state index contributed by atoms with van der Waals surface area (Å²) < 4.78 is 0. The average molecular weight is 151 g/mol. The summed E-state index contributed by atoms with van der Waals surface area (Å²) in [6.07, 6.45) is 6.08. The summed E-state index contributed by atoms with van der Waals surface area (Å²) in [7, 11) is 0. The van der Waals surface area contributed by atoms with Crippen molar-refractivity contribution < 1.29 is 0 Å². The molecule has 0 saturated heterocycles. The van der Waals surface area contributed by atoms with Gasteiger partial charge in [0.15, 0.2) is 0 Å². The molecule has 0 atom stereocenters. The molecule has 1 heteroatoms. The van der Waals surface area contributed by atoms with Gasteiger partial charge in [-0.2, -0.15) is 0 Å². The van der Waals surface area contributed by atoms with Crippen LogP contribution in [0.15, 0.2) is 36.1 Å². The number of likely N-dealkylation sites (N-methyl/N-ethyl adjacent to an activating group) is 1. The molecule has 0 aliphatic carbocycles. The van der Waals surface area contributed by atoms with E-state index in [1.807, 2.05) is 32.1 Å². The molecule has 1 nitrogen and oxygen atoms in total. The van der Waals surface area contributed by atoms with E-state index >= 15 is 0 Å². The van der Waals surface area contributed by atoms with E-state index in [0.717, 1.165) is 17.8 Å². The summed E-state index contributed by atoms with van der Waals surface area (Å²) in [5.41, 5.74) is 2.22. The minimum Gasteiger partial charge on any atom is -0.386 e. The third-order valence-electron chi connectivity index (χ3n) is 1.24. The molecule has 0 aromatic carbocycles. The molecule has 0 aromatic rings. The maximum Gasteiger partial charge on any atom is 0.0296 e. The Morgan fingerprint density at radius 3 is 2.45 bits per heavy atom. The average Bonchev–Trinajstić information content (AvgIpc) is 1.97. The van der Waals surface area contributed by atoms with Crippen LogP contribution >= 0.6 is 0 Å². The van der Waals surface area contributed by atoms with E-state index in [2.05, 4.69) is 18.8 Å². The van der Waals surface area contributed by atoms with E-state index in [0.29, 0.717) is 0 Å². The van der Waals surface area contributed by atoms with Crippen molar-refractivity contribution in [2.24, 2.45) is 0 Å². The van der Waals surface area contributed by atoms with Crippen LogP contribution < -0.4 is 5.32 Å². The van der Waals surface area contributed by atoms with Crippen molar-refractivity contribution in [2.45, 2.75) is 20.8 Å². The molecule has 62 valence electrons. The summed E-state index contributed by atoms with van der Waals surface area (Å²) in [6, 6.07) is 0. The Bertz CT molecular complexity index is 175. The highest BCUT2D eigenvalue weighted by Gasteiger charge is 1.84. The summed E-state index contributed by atoms with van der Waals surface area (Å²) >= 11 is 0. The van der Waals surface area contributed by atoms with Gasteiger partial charge in [-0.1, -0.05) is 24.3 Å². The van der Waals surface area contributed by atoms with E-state index < -0.39 is 0 Å². The molecule has 0 aromatic heterocycles.